The minimum absolute atomic E-state index is 0.0603. The molecule has 0 aliphatic heterocycles. The number of nitrogens with zero attached hydrogens (tertiary/aromatic N) is 6. The molecule has 1 aromatic carbocycles. The van der Waals surface area contributed by atoms with E-state index in [0.29, 0.717) is 11.2 Å². The molecule has 4 aromatic rings. The third kappa shape index (κ3) is 4.85. The molecule has 0 bridgehead atoms. The average molecular weight is 492 g/mol. The second-order valence-electron chi connectivity index (χ2n) is 8.67. The van der Waals surface area contributed by atoms with Crippen molar-refractivity contribution in [3.05, 3.63) is 73.1 Å². The molecule has 1 N–H and O–H groups in total. The summed E-state index contributed by atoms with van der Waals surface area (Å²) < 4.78 is 23.9. The van der Waals surface area contributed by atoms with Gasteiger partial charge in [-0.1, -0.05) is 0 Å². The summed E-state index contributed by atoms with van der Waals surface area (Å²) in [6, 6.07) is 10.4. The largest absolute Gasteiger partial charge is 0.349 e. The molecular formula is C24H25N7O3S. The number of carbonyl (C=O) groups is 1. The van der Waals surface area contributed by atoms with E-state index in [4.69, 9.17) is 0 Å². The highest BCUT2D eigenvalue weighted by Crippen LogP contribution is 2.30. The lowest BCUT2D eigenvalue weighted by atomic mass is 9.90. The van der Waals surface area contributed by atoms with Crippen molar-refractivity contribution in [1.82, 2.24) is 30.2 Å². The number of fused-ring (bicyclic) bond motifs is 1. The second-order valence-corrected chi connectivity index (χ2v) is 10.7. The molecule has 3 heterocycles. The molecule has 1 saturated carbocycles. The van der Waals surface area contributed by atoms with Gasteiger partial charge in [0.05, 0.1) is 33.8 Å². The number of pyridine rings is 1. The highest BCUT2D eigenvalue weighted by atomic mass is 32.2. The van der Waals surface area contributed by atoms with Gasteiger partial charge in [-0.2, -0.15) is 9.89 Å². The van der Waals surface area contributed by atoms with E-state index < -0.39 is 9.84 Å². The van der Waals surface area contributed by atoms with E-state index in [1.807, 2.05) is 0 Å². The summed E-state index contributed by atoms with van der Waals surface area (Å²) in [7, 11) is -3.31. The van der Waals surface area contributed by atoms with Crippen molar-refractivity contribution >= 4 is 32.5 Å². The molecule has 0 spiro atoms. The van der Waals surface area contributed by atoms with Crippen LogP contribution in [-0.4, -0.2) is 57.5 Å². The molecule has 0 atom stereocenters. The van der Waals surface area contributed by atoms with E-state index in [2.05, 4.69) is 30.4 Å². The van der Waals surface area contributed by atoms with Crippen LogP contribution in [0.4, 0.5) is 5.69 Å². The zero-order chi connectivity index (χ0) is 24.4. The molecule has 0 radical (unpaired) electrons. The summed E-state index contributed by atoms with van der Waals surface area (Å²) in [5.41, 5.74) is 2.02. The van der Waals surface area contributed by atoms with Crippen LogP contribution in [0.3, 0.4) is 0 Å². The number of benzene rings is 1. The first-order chi connectivity index (χ1) is 16.9. The van der Waals surface area contributed by atoms with Crippen molar-refractivity contribution < 1.29 is 13.2 Å². The topological polar surface area (TPSA) is 123 Å². The summed E-state index contributed by atoms with van der Waals surface area (Å²) >= 11 is 0. The average Bonchev–Trinajstić information content (AvgIpc) is 3.29. The number of carbonyl (C=O) groups excluding carboxylic acids is 1. The summed E-state index contributed by atoms with van der Waals surface area (Å²) in [6.07, 6.45) is 12.5. The first-order valence-electron chi connectivity index (χ1n) is 11.3. The molecule has 1 amide bonds. The Balaban J connectivity index is 1.39. The van der Waals surface area contributed by atoms with E-state index in [1.165, 1.54) is 12.6 Å². The highest BCUT2D eigenvalue weighted by molar-refractivity contribution is 7.90. The van der Waals surface area contributed by atoms with Crippen LogP contribution in [-0.2, 0) is 9.84 Å². The molecule has 5 rings (SSSR count). The maximum Gasteiger partial charge on any atom is 0.253 e. The van der Waals surface area contributed by atoms with Crippen LogP contribution in [0.25, 0.3) is 11.0 Å². The number of hydrogen-bond acceptors (Lipinski definition) is 8. The van der Waals surface area contributed by atoms with E-state index in [-0.39, 0.29) is 22.9 Å². The number of sulfone groups is 1. The van der Waals surface area contributed by atoms with Gasteiger partial charge in [0.15, 0.2) is 15.5 Å². The maximum atomic E-state index is 12.6. The minimum atomic E-state index is -3.31. The molecule has 11 heteroatoms. The quantitative estimate of drug-likeness (QED) is 0.437. The molecule has 1 aliphatic carbocycles. The molecule has 0 unspecified atom stereocenters. The third-order valence-electron chi connectivity index (χ3n) is 6.25. The van der Waals surface area contributed by atoms with Gasteiger partial charge in [-0.3, -0.25) is 14.8 Å². The number of hydrogen-bond donors (Lipinski definition) is 1. The molecular weight excluding hydrogens is 466 g/mol. The molecule has 1 aliphatic rings. The fraction of sp³-hybridized carbons (Fsp3) is 0.292. The zero-order valence-electron chi connectivity index (χ0n) is 19.2. The van der Waals surface area contributed by atoms with Gasteiger partial charge in [0, 0.05) is 30.9 Å². The molecule has 180 valence electrons. The second kappa shape index (κ2) is 9.41. The fourth-order valence-electron chi connectivity index (χ4n) is 4.47. The first-order valence-corrected chi connectivity index (χ1v) is 13.2. The number of rotatable bonds is 6. The van der Waals surface area contributed by atoms with Crippen molar-refractivity contribution in [2.75, 3.05) is 11.3 Å². The van der Waals surface area contributed by atoms with Gasteiger partial charge < -0.3 is 5.32 Å². The SMILES string of the molecule is CS(=O)(=O)c1ccc(N(C2CCC(NC(=O)c3cccnc3)CC2)n2ncc3cncnc32)cc1. The Bertz CT molecular complexity index is 1430. The van der Waals surface area contributed by atoms with Gasteiger partial charge >= 0.3 is 0 Å². The Morgan fingerprint density at radius 1 is 1.03 bits per heavy atom. The van der Waals surface area contributed by atoms with Gasteiger partial charge in [0.2, 0.25) is 0 Å². The van der Waals surface area contributed by atoms with Crippen LogP contribution in [0.2, 0.25) is 0 Å². The van der Waals surface area contributed by atoms with E-state index >= 15 is 0 Å². The Labute approximate surface area is 202 Å². The van der Waals surface area contributed by atoms with Crippen molar-refractivity contribution in [2.45, 2.75) is 42.7 Å². The van der Waals surface area contributed by atoms with Crippen LogP contribution in [0.1, 0.15) is 36.0 Å². The highest BCUT2D eigenvalue weighted by Gasteiger charge is 2.30. The Morgan fingerprint density at radius 3 is 2.49 bits per heavy atom. The smallest absolute Gasteiger partial charge is 0.253 e. The van der Waals surface area contributed by atoms with Crippen LogP contribution in [0, 0.1) is 0 Å². The molecule has 35 heavy (non-hydrogen) atoms. The Kier molecular flexibility index (Phi) is 6.16. The predicted octanol–water partition coefficient (Wildman–Crippen LogP) is 2.64. The first kappa shape index (κ1) is 22.9. The molecule has 10 nitrogen and oxygen atoms in total. The summed E-state index contributed by atoms with van der Waals surface area (Å²) in [4.78, 5) is 27.1. The van der Waals surface area contributed by atoms with Crippen LogP contribution < -0.4 is 10.3 Å². The molecule has 3 aromatic heterocycles. The lowest BCUT2D eigenvalue weighted by Gasteiger charge is -2.38. The fourth-order valence-corrected chi connectivity index (χ4v) is 5.10. The van der Waals surface area contributed by atoms with E-state index in [0.717, 1.165) is 36.8 Å². The van der Waals surface area contributed by atoms with Crippen LogP contribution >= 0.6 is 0 Å². The third-order valence-corrected chi connectivity index (χ3v) is 7.38. The molecule has 0 saturated heterocycles. The van der Waals surface area contributed by atoms with Gasteiger partial charge in [-0.05, 0) is 62.1 Å². The predicted molar refractivity (Wildman–Crippen MR) is 130 cm³/mol. The Hall–Kier alpha value is -3.86. The van der Waals surface area contributed by atoms with Crippen molar-refractivity contribution in [3.63, 3.8) is 0 Å². The zero-order valence-corrected chi connectivity index (χ0v) is 20.0. The van der Waals surface area contributed by atoms with Gasteiger partial charge in [-0.25, -0.2) is 18.4 Å². The van der Waals surface area contributed by atoms with Crippen molar-refractivity contribution in [2.24, 2.45) is 0 Å². The number of aromatic nitrogens is 5. The van der Waals surface area contributed by atoms with Gasteiger partial charge in [-0.15, -0.1) is 0 Å². The standard InChI is InChI=1S/C24H25N7O3S/c1-35(33,34)22-10-8-21(9-11-22)30(31-23-18(15-28-31)14-26-16-27-23)20-6-4-19(5-7-20)29-24(32)17-3-2-12-25-13-17/h2-3,8-16,19-20H,4-7H2,1H3,(H,29,32). The van der Waals surface area contributed by atoms with Crippen molar-refractivity contribution in [1.29, 1.82) is 0 Å². The lowest BCUT2D eigenvalue weighted by molar-refractivity contribution is 0.0924. The molecule has 1 fully saturated rings. The number of nitrogens with one attached hydrogen (secondary N) is 1. The number of anilines is 1. The van der Waals surface area contributed by atoms with Gasteiger partial charge in [0.25, 0.3) is 5.91 Å². The normalized spacial score (nSPS) is 18.3. The van der Waals surface area contributed by atoms with E-state index in [9.17, 15) is 13.2 Å². The van der Waals surface area contributed by atoms with Crippen LogP contribution in [0.15, 0.2) is 72.4 Å². The lowest BCUT2D eigenvalue weighted by Crippen LogP contribution is -2.46. The summed E-state index contributed by atoms with van der Waals surface area (Å²) in [6.45, 7) is 0. The van der Waals surface area contributed by atoms with Crippen molar-refractivity contribution in [3.8, 4) is 0 Å². The summed E-state index contributed by atoms with van der Waals surface area (Å²) in [5.74, 6) is -0.121. The van der Waals surface area contributed by atoms with Crippen LogP contribution in [0.5, 0.6) is 0 Å². The monoisotopic (exact) mass is 491 g/mol. The number of amides is 1. The minimum Gasteiger partial charge on any atom is -0.349 e. The maximum absolute atomic E-state index is 12.6. The van der Waals surface area contributed by atoms with E-state index in [1.54, 1.807) is 66.0 Å². The van der Waals surface area contributed by atoms with Gasteiger partial charge in [0.1, 0.15) is 6.33 Å². The Morgan fingerprint density at radius 2 is 1.80 bits per heavy atom. The summed E-state index contributed by atoms with van der Waals surface area (Å²) in [5, 5.41) is 10.6.